The smallest absolute Gasteiger partial charge is 0.350 e. The molecule has 0 spiro atoms. The molecule has 1 fully saturated rings. The molecule has 4 atom stereocenters. The Labute approximate surface area is 147 Å². The number of hydrogen-bond acceptors (Lipinski definition) is 7. The number of carbonyl (C=O) groups is 1. The number of hydrogen-bond donors (Lipinski definition) is 2. The SMILES string of the molecule is Cc1ccc(C(=O)Cc2ccn([C@@H]3O[C@H](CO)[C@@H](O)[C@H]3F)c(=O)n2)nc1. The van der Waals surface area contributed by atoms with Gasteiger partial charge in [-0.05, 0) is 24.6 Å². The number of Topliss-reactive ketones (excluding diaryl/α,β-unsaturated/α-hetero) is 1. The standard InChI is InChI=1S/C17H18FN3O5/c1-9-2-3-11(19-7-9)12(23)6-10-4-5-21(17(25)20-10)16-14(18)15(24)13(8-22)26-16/h2-5,7,13-16,22,24H,6,8H2,1H3/t13-,14-,15-,16-/m1/s1. The van der Waals surface area contributed by atoms with Crippen LogP contribution in [0.25, 0.3) is 0 Å². The highest BCUT2D eigenvalue weighted by atomic mass is 19.1. The minimum atomic E-state index is -1.88. The van der Waals surface area contributed by atoms with Crippen LogP contribution in [0, 0.1) is 6.92 Å². The first kappa shape index (κ1) is 18.3. The zero-order valence-corrected chi connectivity index (χ0v) is 13.9. The van der Waals surface area contributed by atoms with Crippen molar-refractivity contribution in [2.45, 2.75) is 38.0 Å². The van der Waals surface area contributed by atoms with Crippen molar-refractivity contribution in [1.82, 2.24) is 14.5 Å². The Morgan fingerprint density at radius 2 is 2.15 bits per heavy atom. The second kappa shape index (κ2) is 7.40. The molecule has 26 heavy (non-hydrogen) atoms. The van der Waals surface area contributed by atoms with Crippen molar-refractivity contribution >= 4 is 5.78 Å². The fourth-order valence-corrected chi connectivity index (χ4v) is 2.71. The number of aryl methyl sites for hydroxylation is 1. The number of ketones is 1. The normalized spacial score (nSPS) is 25.4. The van der Waals surface area contributed by atoms with Gasteiger partial charge in [0.25, 0.3) is 0 Å². The van der Waals surface area contributed by atoms with E-state index in [2.05, 4.69) is 9.97 Å². The molecule has 9 heteroatoms. The molecule has 138 valence electrons. The number of rotatable bonds is 5. The van der Waals surface area contributed by atoms with Gasteiger partial charge in [0.15, 0.2) is 18.2 Å². The molecule has 0 aromatic carbocycles. The minimum Gasteiger partial charge on any atom is -0.394 e. The molecule has 1 aliphatic heterocycles. The van der Waals surface area contributed by atoms with Crippen molar-refractivity contribution in [1.29, 1.82) is 0 Å². The maximum Gasteiger partial charge on any atom is 0.350 e. The zero-order chi connectivity index (χ0) is 18.8. The monoisotopic (exact) mass is 363 g/mol. The van der Waals surface area contributed by atoms with Gasteiger partial charge >= 0.3 is 5.69 Å². The molecule has 0 radical (unpaired) electrons. The van der Waals surface area contributed by atoms with Crippen LogP contribution in [0.4, 0.5) is 4.39 Å². The Morgan fingerprint density at radius 3 is 2.73 bits per heavy atom. The van der Waals surface area contributed by atoms with E-state index >= 15 is 0 Å². The molecule has 1 saturated heterocycles. The van der Waals surface area contributed by atoms with Gasteiger partial charge in [-0.2, -0.15) is 4.98 Å². The summed E-state index contributed by atoms with van der Waals surface area (Å²) in [6, 6.07) is 4.75. The lowest BCUT2D eigenvalue weighted by atomic mass is 10.1. The third-order valence-electron chi connectivity index (χ3n) is 4.17. The number of aliphatic hydroxyl groups excluding tert-OH is 2. The lowest BCUT2D eigenvalue weighted by molar-refractivity contribution is -0.0491. The number of alkyl halides is 1. The van der Waals surface area contributed by atoms with Gasteiger partial charge in [-0.1, -0.05) is 6.07 Å². The molecule has 0 unspecified atom stereocenters. The first-order chi connectivity index (χ1) is 12.4. The van der Waals surface area contributed by atoms with Crippen LogP contribution >= 0.6 is 0 Å². The van der Waals surface area contributed by atoms with E-state index in [9.17, 15) is 19.1 Å². The van der Waals surface area contributed by atoms with E-state index in [1.54, 1.807) is 18.3 Å². The minimum absolute atomic E-state index is 0.126. The second-order valence-corrected chi connectivity index (χ2v) is 6.11. The molecule has 3 rings (SSSR count). The number of ether oxygens (including phenoxy) is 1. The van der Waals surface area contributed by atoms with Gasteiger partial charge in [0.05, 0.1) is 18.7 Å². The van der Waals surface area contributed by atoms with Gasteiger partial charge < -0.3 is 14.9 Å². The molecular weight excluding hydrogens is 345 g/mol. The number of aromatic nitrogens is 3. The van der Waals surface area contributed by atoms with Crippen molar-refractivity contribution < 1.29 is 24.1 Å². The molecule has 0 bridgehead atoms. The number of nitrogens with zero attached hydrogens (tertiary/aromatic N) is 3. The molecular formula is C17H18FN3O5. The summed E-state index contributed by atoms with van der Waals surface area (Å²) in [5, 5.41) is 18.7. The number of carbonyl (C=O) groups excluding carboxylic acids is 1. The first-order valence-corrected chi connectivity index (χ1v) is 8.03. The highest BCUT2D eigenvalue weighted by Crippen LogP contribution is 2.30. The van der Waals surface area contributed by atoms with E-state index in [1.807, 2.05) is 6.92 Å². The van der Waals surface area contributed by atoms with Crippen molar-refractivity contribution in [2.75, 3.05) is 6.61 Å². The molecule has 8 nitrogen and oxygen atoms in total. The van der Waals surface area contributed by atoms with Gasteiger partial charge in [0, 0.05) is 12.4 Å². The van der Waals surface area contributed by atoms with Crippen LogP contribution in [0.15, 0.2) is 35.4 Å². The van der Waals surface area contributed by atoms with E-state index in [4.69, 9.17) is 9.84 Å². The van der Waals surface area contributed by atoms with E-state index in [-0.39, 0.29) is 23.6 Å². The Hall–Kier alpha value is -2.49. The number of aliphatic hydroxyl groups is 2. The van der Waals surface area contributed by atoms with Crippen LogP contribution in [0.1, 0.15) is 28.0 Å². The highest BCUT2D eigenvalue weighted by Gasteiger charge is 2.45. The Kier molecular flexibility index (Phi) is 5.21. The van der Waals surface area contributed by atoms with Crippen LogP contribution < -0.4 is 5.69 Å². The predicted molar refractivity (Wildman–Crippen MR) is 87.4 cm³/mol. The van der Waals surface area contributed by atoms with E-state index < -0.39 is 36.9 Å². The fraction of sp³-hybridized carbons (Fsp3) is 0.412. The van der Waals surface area contributed by atoms with Gasteiger partial charge in [-0.15, -0.1) is 0 Å². The van der Waals surface area contributed by atoms with Crippen LogP contribution in [0.5, 0.6) is 0 Å². The first-order valence-electron chi connectivity index (χ1n) is 8.03. The highest BCUT2D eigenvalue weighted by molar-refractivity contribution is 5.95. The molecule has 2 aromatic rings. The lowest BCUT2D eigenvalue weighted by Gasteiger charge is -2.15. The predicted octanol–water partition coefficient (Wildman–Crippen LogP) is -0.0392. The van der Waals surface area contributed by atoms with E-state index in [1.165, 1.54) is 12.3 Å². The molecule has 0 saturated carbocycles. The Balaban J connectivity index is 1.77. The molecule has 1 aliphatic rings. The average molecular weight is 363 g/mol. The lowest BCUT2D eigenvalue weighted by Crippen LogP contribution is -2.33. The van der Waals surface area contributed by atoms with Crippen LogP contribution in [0.3, 0.4) is 0 Å². The third kappa shape index (κ3) is 3.55. The number of halogens is 1. The topological polar surface area (TPSA) is 115 Å². The summed E-state index contributed by atoms with van der Waals surface area (Å²) in [6.07, 6.45) is -3.22. The van der Waals surface area contributed by atoms with Crippen molar-refractivity contribution in [3.63, 3.8) is 0 Å². The van der Waals surface area contributed by atoms with E-state index in [0.717, 1.165) is 10.1 Å². The third-order valence-corrected chi connectivity index (χ3v) is 4.17. The van der Waals surface area contributed by atoms with Crippen LogP contribution in [-0.2, 0) is 11.2 Å². The van der Waals surface area contributed by atoms with Crippen LogP contribution in [0.2, 0.25) is 0 Å². The molecule has 0 aliphatic carbocycles. The van der Waals surface area contributed by atoms with Crippen molar-refractivity contribution in [3.05, 3.63) is 58.0 Å². The maximum atomic E-state index is 14.1. The summed E-state index contributed by atoms with van der Waals surface area (Å²) >= 11 is 0. The summed E-state index contributed by atoms with van der Waals surface area (Å²) in [4.78, 5) is 32.2. The van der Waals surface area contributed by atoms with Crippen LogP contribution in [-0.4, -0.2) is 55.5 Å². The molecule has 2 aromatic heterocycles. The van der Waals surface area contributed by atoms with E-state index in [0.29, 0.717) is 0 Å². The van der Waals surface area contributed by atoms with Gasteiger partial charge in [0.2, 0.25) is 0 Å². The summed E-state index contributed by atoms with van der Waals surface area (Å²) < 4.78 is 20.2. The average Bonchev–Trinajstić information content (AvgIpc) is 2.90. The van der Waals surface area contributed by atoms with Gasteiger partial charge in [0.1, 0.15) is 17.9 Å². The van der Waals surface area contributed by atoms with Crippen molar-refractivity contribution in [2.24, 2.45) is 0 Å². The maximum absolute atomic E-state index is 14.1. The van der Waals surface area contributed by atoms with Gasteiger partial charge in [-0.3, -0.25) is 14.3 Å². The summed E-state index contributed by atoms with van der Waals surface area (Å²) in [5.41, 5.74) is 0.582. The number of pyridine rings is 1. The quantitative estimate of drug-likeness (QED) is 0.717. The zero-order valence-electron chi connectivity index (χ0n) is 13.9. The molecule has 3 heterocycles. The fourth-order valence-electron chi connectivity index (χ4n) is 2.71. The van der Waals surface area contributed by atoms with Gasteiger partial charge in [-0.25, -0.2) is 9.18 Å². The summed E-state index contributed by atoms with van der Waals surface area (Å²) in [7, 11) is 0. The summed E-state index contributed by atoms with van der Waals surface area (Å²) in [5.74, 6) is -0.300. The molecule has 2 N–H and O–H groups in total. The summed E-state index contributed by atoms with van der Waals surface area (Å²) in [6.45, 7) is 1.28. The second-order valence-electron chi connectivity index (χ2n) is 6.11. The largest absolute Gasteiger partial charge is 0.394 e. The van der Waals surface area contributed by atoms with Crippen molar-refractivity contribution in [3.8, 4) is 0 Å². The Bertz CT molecular complexity index is 854. The molecule has 0 amide bonds. The Morgan fingerprint density at radius 1 is 1.38 bits per heavy atom.